The number of esters is 1. The summed E-state index contributed by atoms with van der Waals surface area (Å²) in [4.78, 5) is 11.6. The van der Waals surface area contributed by atoms with Gasteiger partial charge in [0.15, 0.2) is 11.5 Å². The maximum atomic E-state index is 11.6. The minimum Gasteiger partial charge on any atom is -0.497 e. The number of aliphatic hydroxyl groups excluding tert-OH is 1. The van der Waals surface area contributed by atoms with Crippen LogP contribution in [0.4, 0.5) is 0 Å². The van der Waals surface area contributed by atoms with Gasteiger partial charge in [-0.1, -0.05) is 25.1 Å². The van der Waals surface area contributed by atoms with E-state index in [1.54, 1.807) is 13.2 Å². The van der Waals surface area contributed by atoms with E-state index in [9.17, 15) is 9.90 Å². The summed E-state index contributed by atoms with van der Waals surface area (Å²) >= 11 is 0. The number of ether oxygens (including phenoxy) is 4. The lowest BCUT2D eigenvalue weighted by Gasteiger charge is -2.26. The Morgan fingerprint density at radius 2 is 2.03 bits per heavy atom. The number of hydrogen-bond donors (Lipinski definition) is 2. The van der Waals surface area contributed by atoms with Crippen molar-refractivity contribution in [2.75, 3.05) is 27.4 Å². The monoisotopic (exact) mass is 401 g/mol. The molecule has 1 aliphatic rings. The van der Waals surface area contributed by atoms with Gasteiger partial charge in [0.1, 0.15) is 12.4 Å². The molecule has 2 aromatic carbocycles. The summed E-state index contributed by atoms with van der Waals surface area (Å²) in [6, 6.07) is 13.1. The van der Waals surface area contributed by atoms with Gasteiger partial charge in [0, 0.05) is 12.6 Å². The highest BCUT2D eigenvalue weighted by molar-refractivity contribution is 5.75. The molecule has 1 aliphatic heterocycles. The van der Waals surface area contributed by atoms with Gasteiger partial charge in [-0.25, -0.2) is 4.79 Å². The Morgan fingerprint density at radius 3 is 2.76 bits per heavy atom. The molecule has 2 aromatic rings. The largest absolute Gasteiger partial charge is 0.497 e. The Hall–Kier alpha value is -2.77. The minimum absolute atomic E-state index is 0.0301. The Bertz CT molecular complexity index is 840. The maximum absolute atomic E-state index is 11.6. The lowest BCUT2D eigenvalue weighted by molar-refractivity contribution is -0.151. The molecule has 0 aromatic heterocycles. The predicted octanol–water partition coefficient (Wildman–Crippen LogP) is 2.78. The van der Waals surface area contributed by atoms with Gasteiger partial charge >= 0.3 is 5.97 Å². The molecule has 3 rings (SSSR count). The van der Waals surface area contributed by atoms with E-state index in [-0.39, 0.29) is 12.6 Å². The molecule has 0 spiro atoms. The van der Waals surface area contributed by atoms with Crippen LogP contribution in [0.1, 0.15) is 36.6 Å². The van der Waals surface area contributed by atoms with Crippen LogP contribution in [0.2, 0.25) is 0 Å². The van der Waals surface area contributed by atoms with Crippen molar-refractivity contribution in [1.29, 1.82) is 0 Å². The van der Waals surface area contributed by atoms with Gasteiger partial charge in [-0.15, -0.1) is 0 Å². The SMILES string of the molecule is CCC(NCC(O)c1cccc(OC)c1)c1ccc2c(c1)OCC(C(=O)OC)O2. The van der Waals surface area contributed by atoms with Crippen LogP contribution in [0, 0.1) is 0 Å². The zero-order valence-corrected chi connectivity index (χ0v) is 16.9. The normalized spacial score (nSPS) is 17.3. The molecule has 0 fully saturated rings. The zero-order valence-electron chi connectivity index (χ0n) is 16.9. The van der Waals surface area contributed by atoms with Crippen LogP contribution >= 0.6 is 0 Å². The van der Waals surface area contributed by atoms with E-state index in [1.165, 1.54) is 7.11 Å². The second-order valence-corrected chi connectivity index (χ2v) is 6.81. The van der Waals surface area contributed by atoms with Crippen molar-refractivity contribution in [3.8, 4) is 17.2 Å². The lowest BCUT2D eigenvalue weighted by atomic mass is 10.0. The van der Waals surface area contributed by atoms with Crippen molar-refractivity contribution in [2.45, 2.75) is 31.6 Å². The second kappa shape index (κ2) is 9.62. The van der Waals surface area contributed by atoms with Crippen molar-refractivity contribution in [3.05, 3.63) is 53.6 Å². The minimum atomic E-state index is -0.753. The first kappa shape index (κ1) is 21.0. The highest BCUT2D eigenvalue weighted by Gasteiger charge is 2.28. The first-order valence-corrected chi connectivity index (χ1v) is 9.62. The van der Waals surface area contributed by atoms with Gasteiger partial charge in [0.25, 0.3) is 0 Å². The van der Waals surface area contributed by atoms with Crippen LogP contribution in [0.15, 0.2) is 42.5 Å². The Morgan fingerprint density at radius 1 is 1.21 bits per heavy atom. The summed E-state index contributed by atoms with van der Waals surface area (Å²) in [5.41, 5.74) is 1.81. The number of hydrogen-bond acceptors (Lipinski definition) is 7. The number of carbonyl (C=O) groups is 1. The number of benzene rings is 2. The van der Waals surface area contributed by atoms with E-state index >= 15 is 0 Å². The molecule has 1 heterocycles. The zero-order chi connectivity index (χ0) is 20.8. The summed E-state index contributed by atoms with van der Waals surface area (Å²) in [7, 11) is 2.92. The van der Waals surface area contributed by atoms with Crippen molar-refractivity contribution >= 4 is 5.97 Å². The standard InChI is InChI=1S/C22H27NO6/c1-4-17(23-12-18(24)15-6-5-7-16(10-15)26-2)14-8-9-19-20(11-14)28-13-21(29-19)22(25)27-3/h5-11,17-18,21,23-24H,4,12-13H2,1-3H3. The molecule has 7 heteroatoms. The molecule has 3 unspecified atom stereocenters. The lowest BCUT2D eigenvalue weighted by Crippen LogP contribution is -2.37. The summed E-state index contributed by atoms with van der Waals surface area (Å²) in [6.45, 7) is 2.58. The average molecular weight is 401 g/mol. The number of methoxy groups -OCH3 is 2. The molecule has 2 N–H and O–H groups in total. The molecule has 0 radical (unpaired) electrons. The van der Waals surface area contributed by atoms with E-state index in [0.29, 0.717) is 23.8 Å². The quantitative estimate of drug-likeness (QED) is 0.658. The van der Waals surface area contributed by atoms with Crippen LogP contribution in [0.3, 0.4) is 0 Å². The molecule has 29 heavy (non-hydrogen) atoms. The summed E-state index contributed by atoms with van der Waals surface area (Å²) in [5, 5.41) is 13.9. The summed E-state index contributed by atoms with van der Waals surface area (Å²) in [6.07, 6.45) is -0.580. The predicted molar refractivity (Wildman–Crippen MR) is 107 cm³/mol. The Kier molecular flexibility index (Phi) is 6.95. The summed E-state index contributed by atoms with van der Waals surface area (Å²) in [5.74, 6) is 1.36. The smallest absolute Gasteiger partial charge is 0.350 e. The van der Waals surface area contributed by atoms with Gasteiger partial charge < -0.3 is 29.4 Å². The van der Waals surface area contributed by atoms with Crippen LogP contribution < -0.4 is 19.5 Å². The van der Waals surface area contributed by atoms with Gasteiger partial charge in [0.2, 0.25) is 6.10 Å². The van der Waals surface area contributed by atoms with Crippen molar-refractivity contribution in [3.63, 3.8) is 0 Å². The third-order valence-corrected chi connectivity index (χ3v) is 4.94. The van der Waals surface area contributed by atoms with Crippen molar-refractivity contribution in [1.82, 2.24) is 5.32 Å². The van der Waals surface area contributed by atoms with Crippen molar-refractivity contribution < 1.29 is 28.8 Å². The highest BCUT2D eigenvalue weighted by atomic mass is 16.6. The molecule has 3 atom stereocenters. The van der Waals surface area contributed by atoms with Gasteiger partial charge in [-0.3, -0.25) is 0 Å². The Labute approximate surface area is 170 Å². The fourth-order valence-corrected chi connectivity index (χ4v) is 3.27. The highest BCUT2D eigenvalue weighted by Crippen LogP contribution is 2.35. The first-order chi connectivity index (χ1) is 14.0. The number of rotatable bonds is 8. The van der Waals surface area contributed by atoms with Crippen LogP contribution in [-0.2, 0) is 9.53 Å². The topological polar surface area (TPSA) is 86.2 Å². The van der Waals surface area contributed by atoms with E-state index in [1.807, 2.05) is 36.4 Å². The number of fused-ring (bicyclic) bond motifs is 1. The van der Waals surface area contributed by atoms with Crippen LogP contribution in [0.5, 0.6) is 17.2 Å². The summed E-state index contributed by atoms with van der Waals surface area (Å²) < 4.78 is 21.3. The molecular weight excluding hydrogens is 374 g/mol. The fourth-order valence-electron chi connectivity index (χ4n) is 3.27. The molecule has 0 amide bonds. The molecule has 0 saturated carbocycles. The fraction of sp³-hybridized carbons (Fsp3) is 0.409. The number of nitrogens with one attached hydrogen (secondary N) is 1. The van der Waals surface area contributed by atoms with Gasteiger partial charge in [0.05, 0.1) is 20.3 Å². The van der Waals surface area contributed by atoms with E-state index < -0.39 is 18.2 Å². The van der Waals surface area contributed by atoms with Crippen molar-refractivity contribution in [2.24, 2.45) is 0 Å². The number of aliphatic hydroxyl groups is 1. The van der Waals surface area contributed by atoms with E-state index in [0.717, 1.165) is 17.5 Å². The van der Waals surface area contributed by atoms with Gasteiger partial charge in [-0.05, 0) is 41.8 Å². The Balaban J connectivity index is 1.65. The molecule has 156 valence electrons. The first-order valence-electron chi connectivity index (χ1n) is 9.62. The maximum Gasteiger partial charge on any atom is 0.350 e. The molecule has 0 saturated heterocycles. The van der Waals surface area contributed by atoms with Crippen LogP contribution in [-0.4, -0.2) is 44.6 Å². The molecule has 0 bridgehead atoms. The molecule has 7 nitrogen and oxygen atoms in total. The van der Waals surface area contributed by atoms with Crippen LogP contribution in [0.25, 0.3) is 0 Å². The van der Waals surface area contributed by atoms with E-state index in [4.69, 9.17) is 18.9 Å². The molecular formula is C22H27NO6. The third kappa shape index (κ3) is 4.99. The van der Waals surface area contributed by atoms with E-state index in [2.05, 4.69) is 12.2 Å². The third-order valence-electron chi connectivity index (χ3n) is 4.94. The van der Waals surface area contributed by atoms with Gasteiger partial charge in [-0.2, -0.15) is 0 Å². The molecule has 0 aliphatic carbocycles. The number of carbonyl (C=O) groups excluding carboxylic acids is 1. The second-order valence-electron chi connectivity index (χ2n) is 6.81. The average Bonchev–Trinajstić information content (AvgIpc) is 2.78.